The zero-order chi connectivity index (χ0) is 23.1. The smallest absolute Gasteiger partial charge is 0.339 e. The Morgan fingerprint density at radius 2 is 1.85 bits per heavy atom. The first-order valence-electron chi connectivity index (χ1n) is 12.6. The first kappa shape index (κ1) is 22.7. The van der Waals surface area contributed by atoms with E-state index < -0.39 is 23.1 Å². The molecule has 2 aliphatic carbocycles. The zero-order valence-corrected chi connectivity index (χ0v) is 19.4. The molecule has 1 amide bonds. The van der Waals surface area contributed by atoms with E-state index in [9.17, 15) is 14.7 Å². The van der Waals surface area contributed by atoms with Crippen LogP contribution in [0.4, 0.5) is 0 Å². The fourth-order valence-electron chi connectivity index (χ4n) is 5.89. The highest BCUT2D eigenvalue weighted by Gasteiger charge is 2.54. The van der Waals surface area contributed by atoms with Crippen LogP contribution < -0.4 is 10.5 Å². The van der Waals surface area contributed by atoms with E-state index in [1.807, 2.05) is 0 Å². The van der Waals surface area contributed by atoms with Crippen molar-refractivity contribution in [2.75, 3.05) is 26.2 Å². The average molecular weight is 457 g/mol. The fraction of sp³-hybridized carbons (Fsp3) is 0.692. The molecule has 7 heteroatoms. The van der Waals surface area contributed by atoms with E-state index in [0.717, 1.165) is 57.7 Å². The molecule has 0 atom stereocenters. The molecule has 1 aromatic rings. The van der Waals surface area contributed by atoms with Crippen LogP contribution in [0, 0.1) is 5.92 Å². The average Bonchev–Trinajstić information content (AvgIpc) is 3.39. The highest BCUT2D eigenvalue weighted by atomic mass is 16.6. The summed E-state index contributed by atoms with van der Waals surface area (Å²) < 4.78 is 11.3. The van der Waals surface area contributed by atoms with Crippen molar-refractivity contribution in [3.05, 3.63) is 29.3 Å². The summed E-state index contributed by atoms with van der Waals surface area (Å²) >= 11 is 0. The number of nitrogens with zero attached hydrogens (tertiary/aromatic N) is 1. The van der Waals surface area contributed by atoms with Crippen LogP contribution in [-0.4, -0.2) is 59.3 Å². The van der Waals surface area contributed by atoms with Gasteiger partial charge in [0.15, 0.2) is 11.2 Å². The summed E-state index contributed by atoms with van der Waals surface area (Å²) in [5, 5.41) is 10.0. The fourth-order valence-corrected chi connectivity index (χ4v) is 5.89. The molecule has 5 rings (SSSR count). The third-order valence-electron chi connectivity index (χ3n) is 8.41. The molecule has 0 aromatic heterocycles. The number of hydrogen-bond acceptors (Lipinski definition) is 6. The van der Waals surface area contributed by atoms with E-state index >= 15 is 0 Å². The van der Waals surface area contributed by atoms with Gasteiger partial charge in [-0.1, -0.05) is 12.1 Å². The van der Waals surface area contributed by atoms with E-state index in [0.29, 0.717) is 37.5 Å². The predicted octanol–water partition coefficient (Wildman–Crippen LogP) is 2.67. The van der Waals surface area contributed by atoms with Gasteiger partial charge >= 0.3 is 5.97 Å². The summed E-state index contributed by atoms with van der Waals surface area (Å²) in [6, 6.07) is 6.51. The van der Waals surface area contributed by atoms with Gasteiger partial charge in [-0.05, 0) is 101 Å². The van der Waals surface area contributed by atoms with Gasteiger partial charge in [-0.3, -0.25) is 4.79 Å². The molecule has 7 nitrogen and oxygen atoms in total. The van der Waals surface area contributed by atoms with Crippen molar-refractivity contribution < 1.29 is 24.2 Å². The Kier molecular flexibility index (Phi) is 6.12. The molecule has 0 unspecified atom stereocenters. The first-order valence-corrected chi connectivity index (χ1v) is 12.6. The molecule has 180 valence electrons. The van der Waals surface area contributed by atoms with Gasteiger partial charge in [-0.2, -0.15) is 0 Å². The Morgan fingerprint density at radius 3 is 2.52 bits per heavy atom. The number of nitrogens with two attached hydrogens (primary N) is 1. The SMILES string of the molecule is NC(=O)C1(OC(=O)C2(O)CC2)CCC(CCN2CCC(c3cccc4c3CCO4)CC2)CC1. The Bertz CT molecular complexity index is 896. The highest BCUT2D eigenvalue weighted by molar-refractivity contribution is 5.89. The second kappa shape index (κ2) is 8.91. The number of fused-ring (bicyclic) bond motifs is 1. The number of carbonyl (C=O) groups is 2. The van der Waals surface area contributed by atoms with Crippen LogP contribution in [0.5, 0.6) is 5.75 Å². The number of likely N-dealkylation sites (tertiary alicyclic amines) is 1. The van der Waals surface area contributed by atoms with Crippen molar-refractivity contribution in [2.45, 2.75) is 81.3 Å². The molecular weight excluding hydrogens is 420 g/mol. The van der Waals surface area contributed by atoms with Gasteiger partial charge in [-0.25, -0.2) is 4.79 Å². The Balaban J connectivity index is 1.08. The molecule has 2 aliphatic heterocycles. The van der Waals surface area contributed by atoms with Crippen LogP contribution in [0.25, 0.3) is 0 Å². The van der Waals surface area contributed by atoms with Crippen LogP contribution in [0.3, 0.4) is 0 Å². The second-order valence-electron chi connectivity index (χ2n) is 10.6. The van der Waals surface area contributed by atoms with Crippen LogP contribution in [-0.2, 0) is 20.7 Å². The third-order valence-corrected chi connectivity index (χ3v) is 8.41. The maximum Gasteiger partial charge on any atom is 0.339 e. The molecule has 1 aromatic carbocycles. The lowest BCUT2D eigenvalue weighted by Crippen LogP contribution is -2.51. The topological polar surface area (TPSA) is 102 Å². The number of aliphatic hydroxyl groups is 1. The summed E-state index contributed by atoms with van der Waals surface area (Å²) in [6.07, 6.45) is 7.86. The van der Waals surface area contributed by atoms with Gasteiger partial charge in [0.1, 0.15) is 5.75 Å². The summed E-state index contributed by atoms with van der Waals surface area (Å²) in [6.45, 7) is 4.10. The number of hydrogen-bond donors (Lipinski definition) is 2. The number of carbonyl (C=O) groups excluding carboxylic acids is 2. The highest BCUT2D eigenvalue weighted by Crippen LogP contribution is 2.42. The van der Waals surface area contributed by atoms with Crippen molar-refractivity contribution >= 4 is 11.9 Å². The molecule has 2 saturated carbocycles. The lowest BCUT2D eigenvalue weighted by molar-refractivity contribution is -0.181. The zero-order valence-electron chi connectivity index (χ0n) is 19.4. The molecule has 2 heterocycles. The van der Waals surface area contributed by atoms with Crippen molar-refractivity contribution in [1.82, 2.24) is 4.90 Å². The summed E-state index contributed by atoms with van der Waals surface area (Å²) in [5.74, 6) is 0.945. The Morgan fingerprint density at radius 1 is 1.12 bits per heavy atom. The van der Waals surface area contributed by atoms with Gasteiger partial charge in [0.2, 0.25) is 0 Å². The quantitative estimate of drug-likeness (QED) is 0.612. The molecule has 3 fully saturated rings. The second-order valence-corrected chi connectivity index (χ2v) is 10.6. The van der Waals surface area contributed by atoms with E-state index in [4.69, 9.17) is 15.2 Å². The first-order chi connectivity index (χ1) is 15.9. The van der Waals surface area contributed by atoms with Crippen molar-refractivity contribution in [3.63, 3.8) is 0 Å². The van der Waals surface area contributed by atoms with Gasteiger partial charge in [-0.15, -0.1) is 0 Å². The van der Waals surface area contributed by atoms with Gasteiger partial charge in [0.25, 0.3) is 5.91 Å². The molecule has 0 spiro atoms. The van der Waals surface area contributed by atoms with Crippen LogP contribution in [0.2, 0.25) is 0 Å². The Hall–Kier alpha value is -2.12. The molecule has 0 radical (unpaired) electrons. The van der Waals surface area contributed by atoms with Gasteiger partial charge < -0.3 is 25.2 Å². The number of piperidine rings is 1. The van der Waals surface area contributed by atoms with Crippen molar-refractivity contribution in [3.8, 4) is 5.75 Å². The summed E-state index contributed by atoms with van der Waals surface area (Å²) in [7, 11) is 0. The molecule has 3 N–H and O–H groups in total. The number of esters is 1. The summed E-state index contributed by atoms with van der Waals surface area (Å²) in [4.78, 5) is 26.9. The minimum Gasteiger partial charge on any atom is -0.493 e. The molecule has 33 heavy (non-hydrogen) atoms. The number of benzene rings is 1. The number of ether oxygens (including phenoxy) is 2. The standard InChI is InChI=1S/C26H36N2O5/c27-23(29)26(33-24(30)25(31)12-13-25)10-4-18(5-11-26)6-14-28-15-7-19(8-16-28)20-2-1-3-22-21(20)9-17-32-22/h1-3,18-19,31H,4-17H2,(H2,27,29). The van der Waals surface area contributed by atoms with Crippen LogP contribution in [0.1, 0.15) is 74.8 Å². The lowest BCUT2D eigenvalue weighted by atomic mass is 9.76. The largest absolute Gasteiger partial charge is 0.493 e. The van der Waals surface area contributed by atoms with E-state index in [1.165, 1.54) is 24.0 Å². The molecule has 0 bridgehead atoms. The van der Waals surface area contributed by atoms with Crippen LogP contribution >= 0.6 is 0 Å². The lowest BCUT2D eigenvalue weighted by Gasteiger charge is -2.38. The maximum absolute atomic E-state index is 12.2. The van der Waals surface area contributed by atoms with Crippen LogP contribution in [0.15, 0.2) is 18.2 Å². The normalized spacial score (nSPS) is 29.2. The minimum atomic E-state index is -1.39. The van der Waals surface area contributed by atoms with Crippen molar-refractivity contribution in [2.24, 2.45) is 11.7 Å². The van der Waals surface area contributed by atoms with Crippen molar-refractivity contribution in [1.29, 1.82) is 0 Å². The predicted molar refractivity (Wildman–Crippen MR) is 123 cm³/mol. The monoisotopic (exact) mass is 456 g/mol. The molecule has 4 aliphatic rings. The maximum atomic E-state index is 12.2. The Labute approximate surface area is 195 Å². The molecule has 1 saturated heterocycles. The number of rotatable bonds is 7. The van der Waals surface area contributed by atoms with Gasteiger partial charge in [0.05, 0.1) is 6.61 Å². The summed E-state index contributed by atoms with van der Waals surface area (Å²) in [5.41, 5.74) is 5.91. The van der Waals surface area contributed by atoms with E-state index in [2.05, 4.69) is 23.1 Å². The van der Waals surface area contributed by atoms with Gasteiger partial charge in [0, 0.05) is 12.0 Å². The third kappa shape index (κ3) is 4.62. The number of primary amides is 1. The number of amides is 1. The minimum absolute atomic E-state index is 0.403. The van der Waals surface area contributed by atoms with E-state index in [-0.39, 0.29) is 0 Å². The molecular formula is C26H36N2O5. The van der Waals surface area contributed by atoms with E-state index in [1.54, 1.807) is 0 Å².